The molecule has 0 saturated carbocycles. The summed E-state index contributed by atoms with van der Waals surface area (Å²) in [4.78, 5) is 23.2. The predicted molar refractivity (Wildman–Crippen MR) is 281 cm³/mol. The van der Waals surface area contributed by atoms with E-state index in [1.54, 1.807) is 6.08 Å². The van der Waals surface area contributed by atoms with Gasteiger partial charge in [0, 0.05) is 6.42 Å². The van der Waals surface area contributed by atoms with Gasteiger partial charge in [-0.15, -0.1) is 0 Å². The van der Waals surface area contributed by atoms with Crippen LogP contribution in [0.2, 0.25) is 0 Å². The quantitative estimate of drug-likeness (QED) is 0.0243. The third-order valence-electron chi connectivity index (χ3n) is 10.4. The molecular weight excluding hydrogens is 828 g/mol. The molecule has 0 aliphatic carbocycles. The van der Waals surface area contributed by atoms with Gasteiger partial charge in [-0.3, -0.25) is 13.8 Å². The maximum Gasteiger partial charge on any atom is 0.472 e. The lowest BCUT2D eigenvalue weighted by molar-refractivity contribution is -0.870. The number of quaternary nitrogens is 1. The van der Waals surface area contributed by atoms with Crippen molar-refractivity contribution < 1.29 is 32.9 Å². The minimum atomic E-state index is -4.36. The van der Waals surface area contributed by atoms with Crippen LogP contribution in [0, 0.1) is 0 Å². The number of unbranched alkanes of at least 4 members (excludes halogenated alkanes) is 13. The van der Waals surface area contributed by atoms with E-state index in [0.717, 1.165) is 103 Å². The summed E-state index contributed by atoms with van der Waals surface area (Å²) >= 11 is 0. The van der Waals surface area contributed by atoms with E-state index in [4.69, 9.17) is 9.05 Å². The summed E-state index contributed by atoms with van der Waals surface area (Å²) in [5, 5.41) is 13.8. The second-order valence-electron chi connectivity index (χ2n) is 17.8. The van der Waals surface area contributed by atoms with E-state index in [1.807, 2.05) is 27.2 Å². The standard InChI is InChI=1S/C56H95N2O6P/c1-6-8-10-12-14-16-18-20-21-22-23-24-25-26-27-28-29-30-31-32-33-34-35-36-37-38-40-42-44-46-48-50-56(60)57-54(53-64-65(61,62)63-52-51-58(3,4)5)55(59)49-47-45-43-41-39-19-17-15-13-11-9-7-2/h8,10,13-16,20-21,23-24,26-27,29-30,32-33,39,41,47,49,54-55,59H,6-7,9,11-12,17-19,22,25,28,31,34-38,40,42-46,48,50-53H2,1-5H3,(H-,57,60,61,62)/p+1/b10-8-,15-13+,16-14-,21-20-,24-23-,27-26-,30-29-,33-32-,41-39+,49-47+. The number of carbonyl (C=O) groups excluding carboxylic acids is 1. The highest BCUT2D eigenvalue weighted by atomic mass is 31.2. The molecule has 0 spiro atoms. The molecule has 0 aromatic heterocycles. The number of nitrogens with one attached hydrogen (secondary N) is 1. The highest BCUT2D eigenvalue weighted by Crippen LogP contribution is 2.43. The molecule has 1 amide bonds. The Kier molecular flexibility index (Phi) is 43.8. The monoisotopic (exact) mass is 924 g/mol. The minimum Gasteiger partial charge on any atom is -0.387 e. The average molecular weight is 924 g/mol. The molecule has 9 heteroatoms. The van der Waals surface area contributed by atoms with E-state index >= 15 is 0 Å². The lowest BCUT2D eigenvalue weighted by Gasteiger charge is -2.25. The molecule has 0 saturated heterocycles. The first kappa shape index (κ1) is 61.9. The van der Waals surface area contributed by atoms with E-state index in [9.17, 15) is 19.4 Å². The van der Waals surface area contributed by atoms with E-state index < -0.39 is 20.0 Å². The zero-order chi connectivity index (χ0) is 47.8. The average Bonchev–Trinajstić information content (AvgIpc) is 3.26. The number of rotatable bonds is 44. The minimum absolute atomic E-state index is 0.0455. The molecule has 3 N–H and O–H groups in total. The lowest BCUT2D eigenvalue weighted by atomic mass is 10.1. The van der Waals surface area contributed by atoms with Crippen LogP contribution in [-0.4, -0.2) is 73.4 Å². The number of aliphatic hydroxyl groups excluding tert-OH is 1. The summed E-state index contributed by atoms with van der Waals surface area (Å²) in [6, 6.07) is -0.880. The molecule has 0 aliphatic heterocycles. The number of aliphatic hydroxyl groups is 1. The Hall–Kier alpha value is -3.10. The van der Waals surface area contributed by atoms with Crippen LogP contribution in [0.3, 0.4) is 0 Å². The largest absolute Gasteiger partial charge is 0.472 e. The number of phosphoric ester groups is 1. The number of amides is 1. The van der Waals surface area contributed by atoms with Gasteiger partial charge in [-0.05, 0) is 96.3 Å². The summed E-state index contributed by atoms with van der Waals surface area (Å²) in [6.45, 7) is 4.58. The van der Waals surface area contributed by atoms with E-state index in [0.29, 0.717) is 17.4 Å². The summed E-state index contributed by atoms with van der Waals surface area (Å²) in [6.07, 6.45) is 68.6. The number of carbonyl (C=O) groups is 1. The van der Waals surface area contributed by atoms with E-state index in [-0.39, 0.29) is 19.1 Å². The van der Waals surface area contributed by atoms with Gasteiger partial charge < -0.3 is 19.8 Å². The first-order valence-corrected chi connectivity index (χ1v) is 26.9. The van der Waals surface area contributed by atoms with E-state index in [2.05, 4.69) is 129 Å². The first-order valence-electron chi connectivity index (χ1n) is 25.4. The van der Waals surface area contributed by atoms with Crippen LogP contribution in [0.4, 0.5) is 0 Å². The lowest BCUT2D eigenvalue weighted by Crippen LogP contribution is -2.45. The fourth-order valence-corrected chi connectivity index (χ4v) is 7.13. The molecule has 0 fully saturated rings. The number of hydrogen-bond donors (Lipinski definition) is 3. The van der Waals surface area contributed by atoms with Crippen molar-refractivity contribution in [2.75, 3.05) is 40.9 Å². The van der Waals surface area contributed by atoms with Crippen molar-refractivity contribution in [2.45, 2.75) is 187 Å². The molecule has 0 aromatic carbocycles. The summed E-state index contributed by atoms with van der Waals surface area (Å²) in [5.41, 5.74) is 0. The molecule has 8 nitrogen and oxygen atoms in total. The van der Waals surface area contributed by atoms with Crippen LogP contribution >= 0.6 is 7.82 Å². The van der Waals surface area contributed by atoms with E-state index in [1.165, 1.54) is 51.4 Å². The maximum atomic E-state index is 12.9. The van der Waals surface area contributed by atoms with Gasteiger partial charge in [0.2, 0.25) is 5.91 Å². The SMILES string of the molecule is CC/C=C\C/C=C\C/C=C\C/C=C\C/C=C\C/C=C\C/C=C\CCCCCCCCCCCC(=O)NC(COP(=O)(O)OCC[N+](C)(C)C)C(O)/C=C/CC/C=C/CC/C=C/CCCC. The number of hydrogen-bond acceptors (Lipinski definition) is 5. The second-order valence-corrected chi connectivity index (χ2v) is 19.2. The third-order valence-corrected chi connectivity index (χ3v) is 11.4. The molecule has 370 valence electrons. The predicted octanol–water partition coefficient (Wildman–Crippen LogP) is 15.0. The molecule has 3 atom stereocenters. The molecule has 0 bridgehead atoms. The molecule has 3 unspecified atom stereocenters. The Balaban J connectivity index is 4.24. The van der Waals surface area contributed by atoms with Gasteiger partial charge in [-0.25, -0.2) is 4.57 Å². The van der Waals surface area contributed by atoms with Gasteiger partial charge in [-0.2, -0.15) is 0 Å². The Morgan fingerprint density at radius 1 is 0.538 bits per heavy atom. The molecular formula is C56H96N2O6P+. The highest BCUT2D eigenvalue weighted by molar-refractivity contribution is 7.47. The maximum absolute atomic E-state index is 12.9. The molecule has 0 radical (unpaired) electrons. The van der Waals surface area contributed by atoms with Crippen LogP contribution in [0.25, 0.3) is 0 Å². The van der Waals surface area contributed by atoms with Gasteiger partial charge in [0.1, 0.15) is 13.2 Å². The van der Waals surface area contributed by atoms with Crippen molar-refractivity contribution in [3.8, 4) is 0 Å². The van der Waals surface area contributed by atoms with Crippen molar-refractivity contribution in [1.29, 1.82) is 0 Å². The van der Waals surface area contributed by atoms with Crippen molar-refractivity contribution in [3.63, 3.8) is 0 Å². The molecule has 0 aromatic rings. The van der Waals surface area contributed by atoms with Crippen LogP contribution < -0.4 is 5.32 Å². The Morgan fingerprint density at radius 3 is 1.42 bits per heavy atom. The van der Waals surface area contributed by atoms with Crippen molar-refractivity contribution >= 4 is 13.7 Å². The van der Waals surface area contributed by atoms with Gasteiger partial charge in [0.25, 0.3) is 0 Å². The number of nitrogens with zero attached hydrogens (tertiary/aromatic N) is 1. The van der Waals surface area contributed by atoms with Gasteiger partial charge in [0.15, 0.2) is 0 Å². The fraction of sp³-hybridized carbons (Fsp3) is 0.625. The topological polar surface area (TPSA) is 105 Å². The smallest absolute Gasteiger partial charge is 0.387 e. The second kappa shape index (κ2) is 46.0. The first-order chi connectivity index (χ1) is 31.5. The van der Waals surface area contributed by atoms with Crippen LogP contribution in [0.1, 0.15) is 174 Å². The van der Waals surface area contributed by atoms with Gasteiger partial charge in [0.05, 0.1) is 39.9 Å². The summed E-state index contributed by atoms with van der Waals surface area (Å²) in [5.74, 6) is -0.206. The fourth-order valence-electron chi connectivity index (χ4n) is 6.39. The zero-order valence-electron chi connectivity index (χ0n) is 41.9. The van der Waals surface area contributed by atoms with Crippen LogP contribution in [0.5, 0.6) is 0 Å². The van der Waals surface area contributed by atoms with Crippen LogP contribution in [-0.2, 0) is 18.4 Å². The van der Waals surface area contributed by atoms with Crippen molar-refractivity contribution in [2.24, 2.45) is 0 Å². The Labute approximate surface area is 399 Å². The third kappa shape index (κ3) is 48.6. The van der Waals surface area contributed by atoms with Crippen molar-refractivity contribution in [3.05, 3.63) is 122 Å². The summed E-state index contributed by atoms with van der Waals surface area (Å²) in [7, 11) is 1.52. The molecule has 65 heavy (non-hydrogen) atoms. The molecule has 0 aliphatic rings. The Morgan fingerprint density at radius 2 is 0.938 bits per heavy atom. The highest BCUT2D eigenvalue weighted by Gasteiger charge is 2.27. The normalized spacial score (nSPS) is 15.1. The van der Waals surface area contributed by atoms with Crippen molar-refractivity contribution in [1.82, 2.24) is 5.32 Å². The molecule has 0 rings (SSSR count). The number of allylic oxidation sites excluding steroid dienone is 19. The van der Waals surface area contributed by atoms with Gasteiger partial charge >= 0.3 is 7.82 Å². The Bertz CT molecular complexity index is 1460. The van der Waals surface area contributed by atoms with Gasteiger partial charge in [-0.1, -0.05) is 193 Å². The number of phosphoric acid groups is 1. The zero-order valence-corrected chi connectivity index (χ0v) is 42.8. The molecule has 0 heterocycles. The summed E-state index contributed by atoms with van der Waals surface area (Å²) < 4.78 is 23.5. The number of likely N-dealkylation sites (N-methyl/N-ethyl adjacent to an activating group) is 1. The van der Waals surface area contributed by atoms with Crippen LogP contribution in [0.15, 0.2) is 122 Å².